The summed E-state index contributed by atoms with van der Waals surface area (Å²) in [5.74, 6) is -0.165. The number of rotatable bonds is 5. The van der Waals surface area contributed by atoms with Gasteiger partial charge in [-0.05, 0) is 31.0 Å². The average Bonchev–Trinajstić information content (AvgIpc) is 3.12. The molecule has 0 aliphatic heterocycles. The van der Waals surface area contributed by atoms with Crippen molar-refractivity contribution in [3.05, 3.63) is 59.8 Å². The second-order valence-electron chi connectivity index (χ2n) is 5.29. The number of nitrogens with one attached hydrogen (secondary N) is 1. The highest BCUT2D eigenvalue weighted by Gasteiger charge is 2.53. The molecule has 1 fully saturated rings. The molecule has 1 saturated carbocycles. The largest absolute Gasteiger partial charge is 0.467 e. The Bertz CT molecular complexity index is 635. The van der Waals surface area contributed by atoms with Gasteiger partial charge in [-0.15, -0.1) is 0 Å². The van der Waals surface area contributed by atoms with Gasteiger partial charge in [-0.25, -0.2) is 4.39 Å². The molecule has 1 aromatic carbocycles. The third kappa shape index (κ3) is 2.45. The van der Waals surface area contributed by atoms with Gasteiger partial charge in [0.25, 0.3) is 0 Å². The minimum Gasteiger partial charge on any atom is -0.467 e. The molecule has 1 atom stereocenters. The lowest BCUT2D eigenvalue weighted by atomic mass is 9.94. The Balaban J connectivity index is 1.81. The first kappa shape index (κ1) is 13.8. The summed E-state index contributed by atoms with van der Waals surface area (Å²) in [7, 11) is 0. The van der Waals surface area contributed by atoms with E-state index in [-0.39, 0.29) is 18.3 Å². The molecule has 1 aromatic heterocycles. The highest BCUT2D eigenvalue weighted by atomic mass is 19.1. The number of hydrogen-bond donors (Lipinski definition) is 2. The SMILES string of the molecule is O=C(NC(CO)c1ccco1)C1(c2ccccc2F)CC1. The van der Waals surface area contributed by atoms with Crippen molar-refractivity contribution in [2.45, 2.75) is 24.3 Å². The van der Waals surface area contributed by atoms with Crippen LogP contribution in [0.25, 0.3) is 0 Å². The molecular weight excluding hydrogens is 273 g/mol. The van der Waals surface area contributed by atoms with Gasteiger partial charge < -0.3 is 14.8 Å². The van der Waals surface area contributed by atoms with E-state index in [9.17, 15) is 14.3 Å². The zero-order valence-corrected chi connectivity index (χ0v) is 11.4. The van der Waals surface area contributed by atoms with Crippen molar-refractivity contribution in [3.63, 3.8) is 0 Å². The third-order valence-corrected chi connectivity index (χ3v) is 3.95. The molecule has 21 heavy (non-hydrogen) atoms. The lowest BCUT2D eigenvalue weighted by molar-refractivity contribution is -0.124. The molecule has 3 rings (SSSR count). The molecule has 4 nitrogen and oxygen atoms in total. The van der Waals surface area contributed by atoms with Gasteiger partial charge in [0.15, 0.2) is 0 Å². The fourth-order valence-electron chi connectivity index (χ4n) is 2.59. The van der Waals surface area contributed by atoms with E-state index in [4.69, 9.17) is 4.42 Å². The van der Waals surface area contributed by atoms with Crippen LogP contribution in [0, 0.1) is 5.82 Å². The maximum absolute atomic E-state index is 13.9. The minimum atomic E-state index is -0.814. The first-order chi connectivity index (χ1) is 10.2. The summed E-state index contributed by atoms with van der Waals surface area (Å²) < 4.78 is 19.1. The van der Waals surface area contributed by atoms with Crippen molar-refractivity contribution >= 4 is 5.91 Å². The van der Waals surface area contributed by atoms with E-state index in [1.807, 2.05) is 0 Å². The first-order valence-corrected chi connectivity index (χ1v) is 6.87. The summed E-state index contributed by atoms with van der Waals surface area (Å²) in [6.45, 7) is -0.271. The smallest absolute Gasteiger partial charge is 0.231 e. The first-order valence-electron chi connectivity index (χ1n) is 6.87. The molecule has 2 N–H and O–H groups in total. The molecule has 1 aliphatic rings. The van der Waals surface area contributed by atoms with Crippen molar-refractivity contribution in [1.82, 2.24) is 5.32 Å². The zero-order chi connectivity index (χ0) is 14.9. The van der Waals surface area contributed by atoms with Crippen molar-refractivity contribution in [1.29, 1.82) is 0 Å². The van der Waals surface area contributed by atoms with Crippen LogP contribution in [0.4, 0.5) is 4.39 Å². The normalized spacial score (nSPS) is 17.2. The van der Waals surface area contributed by atoms with Crippen LogP contribution in [-0.4, -0.2) is 17.6 Å². The molecule has 0 bridgehead atoms. The van der Waals surface area contributed by atoms with Crippen molar-refractivity contribution < 1.29 is 18.7 Å². The molecule has 1 aliphatic carbocycles. The molecule has 0 radical (unpaired) electrons. The molecule has 2 aromatic rings. The van der Waals surface area contributed by atoms with Gasteiger partial charge in [0, 0.05) is 5.56 Å². The van der Waals surface area contributed by atoms with Crippen molar-refractivity contribution in [2.24, 2.45) is 0 Å². The summed E-state index contributed by atoms with van der Waals surface area (Å²) in [5, 5.41) is 12.2. The van der Waals surface area contributed by atoms with E-state index in [2.05, 4.69) is 5.32 Å². The number of amides is 1. The summed E-state index contributed by atoms with van der Waals surface area (Å²) >= 11 is 0. The summed E-state index contributed by atoms with van der Waals surface area (Å²) in [4.78, 5) is 12.5. The quantitative estimate of drug-likeness (QED) is 0.888. The molecule has 5 heteroatoms. The third-order valence-electron chi connectivity index (χ3n) is 3.95. The lowest BCUT2D eigenvalue weighted by Crippen LogP contribution is -2.39. The van der Waals surface area contributed by atoms with E-state index in [1.165, 1.54) is 12.3 Å². The lowest BCUT2D eigenvalue weighted by Gasteiger charge is -2.20. The van der Waals surface area contributed by atoms with E-state index in [0.717, 1.165) is 0 Å². The molecule has 1 unspecified atom stereocenters. The number of furan rings is 1. The number of benzene rings is 1. The van der Waals surface area contributed by atoms with Crippen LogP contribution in [0.5, 0.6) is 0 Å². The maximum atomic E-state index is 13.9. The van der Waals surface area contributed by atoms with E-state index < -0.39 is 11.5 Å². The molecule has 0 spiro atoms. The van der Waals surface area contributed by atoms with Gasteiger partial charge >= 0.3 is 0 Å². The highest BCUT2D eigenvalue weighted by molar-refractivity contribution is 5.91. The Morgan fingerprint density at radius 2 is 2.10 bits per heavy atom. The number of halogens is 1. The Kier molecular flexibility index (Phi) is 3.51. The van der Waals surface area contributed by atoms with Crippen LogP contribution in [0.2, 0.25) is 0 Å². The van der Waals surface area contributed by atoms with Gasteiger partial charge in [0.05, 0.1) is 18.3 Å². The minimum absolute atomic E-state index is 0.271. The van der Waals surface area contributed by atoms with E-state index in [0.29, 0.717) is 24.2 Å². The second-order valence-corrected chi connectivity index (χ2v) is 5.29. The molecule has 1 amide bonds. The maximum Gasteiger partial charge on any atom is 0.231 e. The van der Waals surface area contributed by atoms with Crippen LogP contribution in [0.15, 0.2) is 47.1 Å². The molecule has 0 saturated heterocycles. The van der Waals surface area contributed by atoms with Gasteiger partial charge in [-0.3, -0.25) is 4.79 Å². The fraction of sp³-hybridized carbons (Fsp3) is 0.312. The average molecular weight is 289 g/mol. The summed E-state index contributed by atoms with van der Waals surface area (Å²) in [5.41, 5.74) is -0.399. The Morgan fingerprint density at radius 1 is 1.33 bits per heavy atom. The zero-order valence-electron chi connectivity index (χ0n) is 11.4. The van der Waals surface area contributed by atoms with Crippen molar-refractivity contribution in [2.75, 3.05) is 6.61 Å². The number of carbonyl (C=O) groups is 1. The van der Waals surface area contributed by atoms with Gasteiger partial charge in [0.1, 0.15) is 17.6 Å². The number of carbonyl (C=O) groups excluding carboxylic acids is 1. The standard InChI is InChI=1S/C16H16FNO3/c17-12-5-2-1-4-11(12)16(7-8-16)15(20)18-13(10-19)14-6-3-9-21-14/h1-6,9,13,19H,7-8,10H2,(H,18,20). The Labute approximate surface area is 121 Å². The highest BCUT2D eigenvalue weighted by Crippen LogP contribution is 2.49. The van der Waals surface area contributed by atoms with Gasteiger partial charge in [-0.2, -0.15) is 0 Å². The fourth-order valence-corrected chi connectivity index (χ4v) is 2.59. The topological polar surface area (TPSA) is 62.5 Å². The van der Waals surface area contributed by atoms with Gasteiger partial charge in [-0.1, -0.05) is 18.2 Å². The molecule has 1 heterocycles. The van der Waals surface area contributed by atoms with Crippen molar-refractivity contribution in [3.8, 4) is 0 Å². The summed E-state index contributed by atoms with van der Waals surface area (Å²) in [6.07, 6.45) is 2.69. The van der Waals surface area contributed by atoms with E-state index in [1.54, 1.807) is 30.3 Å². The van der Waals surface area contributed by atoms with E-state index >= 15 is 0 Å². The second kappa shape index (κ2) is 5.33. The molecule has 110 valence electrons. The van der Waals surface area contributed by atoms with Gasteiger partial charge in [0.2, 0.25) is 5.91 Å². The Hall–Kier alpha value is -2.14. The van der Waals surface area contributed by atoms with Crippen LogP contribution in [0.1, 0.15) is 30.2 Å². The van der Waals surface area contributed by atoms with Crippen LogP contribution in [0.3, 0.4) is 0 Å². The monoisotopic (exact) mass is 289 g/mol. The van der Waals surface area contributed by atoms with Crippen LogP contribution < -0.4 is 5.32 Å². The number of aliphatic hydroxyl groups excluding tert-OH is 1. The van der Waals surface area contributed by atoms with Crippen LogP contribution in [-0.2, 0) is 10.2 Å². The molecular formula is C16H16FNO3. The Morgan fingerprint density at radius 3 is 2.67 bits per heavy atom. The number of aliphatic hydroxyl groups is 1. The predicted molar refractivity (Wildman–Crippen MR) is 74.0 cm³/mol. The number of hydrogen-bond acceptors (Lipinski definition) is 3. The predicted octanol–water partition coefficient (Wildman–Crippen LogP) is 2.30. The van der Waals surface area contributed by atoms with Crippen LogP contribution >= 0.6 is 0 Å². The summed E-state index contributed by atoms with van der Waals surface area (Å²) in [6, 6.07) is 9.09.